The van der Waals surface area contributed by atoms with Crippen molar-refractivity contribution in [3.8, 4) is 5.75 Å². The third-order valence-corrected chi connectivity index (χ3v) is 3.32. The van der Waals surface area contributed by atoms with Crippen LogP contribution >= 0.6 is 23.8 Å². The lowest BCUT2D eigenvalue weighted by atomic mass is 10.1. The van der Waals surface area contributed by atoms with Gasteiger partial charge in [-0.3, -0.25) is 0 Å². The first-order valence-electron chi connectivity index (χ1n) is 5.95. The number of rotatable bonds is 4. The van der Waals surface area contributed by atoms with E-state index in [4.69, 9.17) is 34.3 Å². The van der Waals surface area contributed by atoms with Gasteiger partial charge in [-0.25, -0.2) is 4.39 Å². The van der Waals surface area contributed by atoms with E-state index in [1.807, 2.05) is 6.92 Å². The van der Waals surface area contributed by atoms with Crippen LogP contribution in [0.1, 0.15) is 16.7 Å². The molecular weight excluding hydrogens is 297 g/mol. The molecule has 0 aliphatic heterocycles. The highest BCUT2D eigenvalue weighted by atomic mass is 35.5. The van der Waals surface area contributed by atoms with Crippen molar-refractivity contribution in [3.05, 3.63) is 63.9 Å². The number of hydrogen-bond donors (Lipinski definition) is 1. The van der Waals surface area contributed by atoms with Crippen LogP contribution in [0.2, 0.25) is 5.02 Å². The minimum atomic E-state index is -0.438. The Balaban J connectivity index is 2.19. The Morgan fingerprint density at radius 2 is 2.10 bits per heavy atom. The van der Waals surface area contributed by atoms with Gasteiger partial charge >= 0.3 is 0 Å². The SMILES string of the molecule is Cc1cc(Cl)ccc1OCc1cccc(C(N)=S)c1F. The lowest BCUT2D eigenvalue weighted by Crippen LogP contribution is -2.13. The Bertz CT molecular complexity index is 660. The molecule has 2 rings (SSSR count). The summed E-state index contributed by atoms with van der Waals surface area (Å²) < 4.78 is 19.7. The van der Waals surface area contributed by atoms with E-state index in [9.17, 15) is 4.39 Å². The first-order valence-corrected chi connectivity index (χ1v) is 6.74. The monoisotopic (exact) mass is 309 g/mol. The van der Waals surface area contributed by atoms with E-state index >= 15 is 0 Å². The molecule has 104 valence electrons. The highest BCUT2D eigenvalue weighted by molar-refractivity contribution is 7.80. The minimum absolute atomic E-state index is 0.0343. The van der Waals surface area contributed by atoms with Crippen LogP contribution in [-0.2, 0) is 6.61 Å². The number of hydrogen-bond acceptors (Lipinski definition) is 2. The van der Waals surface area contributed by atoms with Crippen LogP contribution in [-0.4, -0.2) is 4.99 Å². The lowest BCUT2D eigenvalue weighted by molar-refractivity contribution is 0.298. The van der Waals surface area contributed by atoms with Gasteiger partial charge in [-0.05, 0) is 36.8 Å². The number of halogens is 2. The summed E-state index contributed by atoms with van der Waals surface area (Å²) in [5, 5.41) is 0.636. The van der Waals surface area contributed by atoms with Gasteiger partial charge in [-0.15, -0.1) is 0 Å². The average molecular weight is 310 g/mol. The second-order valence-corrected chi connectivity index (χ2v) is 5.22. The standard InChI is InChI=1S/C15H13ClFNOS/c1-9-7-11(16)5-6-13(9)19-8-10-3-2-4-12(14(10)17)15(18)20/h2-7H,8H2,1H3,(H2,18,20). The lowest BCUT2D eigenvalue weighted by Gasteiger charge is -2.11. The number of ether oxygens (including phenoxy) is 1. The number of aryl methyl sites for hydroxylation is 1. The highest BCUT2D eigenvalue weighted by Crippen LogP contribution is 2.23. The van der Waals surface area contributed by atoms with Crippen molar-refractivity contribution in [1.82, 2.24) is 0 Å². The molecule has 0 unspecified atom stereocenters. The van der Waals surface area contributed by atoms with Crippen molar-refractivity contribution in [2.45, 2.75) is 13.5 Å². The molecule has 0 aromatic heterocycles. The van der Waals surface area contributed by atoms with Crippen LogP contribution in [0.5, 0.6) is 5.75 Å². The Morgan fingerprint density at radius 3 is 2.75 bits per heavy atom. The molecule has 0 aliphatic carbocycles. The smallest absolute Gasteiger partial charge is 0.139 e. The first-order chi connectivity index (χ1) is 9.49. The summed E-state index contributed by atoms with van der Waals surface area (Å²) in [6.45, 7) is 1.98. The topological polar surface area (TPSA) is 35.2 Å². The normalized spacial score (nSPS) is 10.3. The van der Waals surface area contributed by atoms with Crippen molar-refractivity contribution in [1.29, 1.82) is 0 Å². The minimum Gasteiger partial charge on any atom is -0.489 e. The van der Waals surface area contributed by atoms with Crippen molar-refractivity contribution in [3.63, 3.8) is 0 Å². The third kappa shape index (κ3) is 3.26. The molecule has 0 saturated carbocycles. The van der Waals surface area contributed by atoms with E-state index in [2.05, 4.69) is 0 Å². The molecule has 0 atom stereocenters. The summed E-state index contributed by atoms with van der Waals surface area (Å²) >= 11 is 10.7. The summed E-state index contributed by atoms with van der Waals surface area (Å²) in [6.07, 6.45) is 0. The van der Waals surface area contributed by atoms with Gasteiger partial charge in [0.25, 0.3) is 0 Å². The maximum Gasteiger partial charge on any atom is 0.139 e. The molecular formula is C15H13ClFNOS. The van der Waals surface area contributed by atoms with Crippen molar-refractivity contribution >= 4 is 28.8 Å². The molecule has 0 spiro atoms. The first kappa shape index (κ1) is 14.8. The van der Waals surface area contributed by atoms with E-state index in [1.165, 1.54) is 0 Å². The van der Waals surface area contributed by atoms with E-state index in [0.29, 0.717) is 16.3 Å². The van der Waals surface area contributed by atoms with Crippen molar-refractivity contribution in [2.75, 3.05) is 0 Å². The molecule has 0 bridgehead atoms. The molecule has 0 aliphatic rings. The molecule has 0 amide bonds. The average Bonchev–Trinajstić information content (AvgIpc) is 2.39. The largest absolute Gasteiger partial charge is 0.489 e. The summed E-state index contributed by atoms with van der Waals surface area (Å²) in [5.74, 6) is 0.223. The van der Waals surface area contributed by atoms with Gasteiger partial charge in [0.1, 0.15) is 23.2 Å². The Morgan fingerprint density at radius 1 is 1.35 bits per heavy atom. The summed E-state index contributed by atoms with van der Waals surface area (Å²) in [6, 6.07) is 10.2. The maximum atomic E-state index is 14.1. The molecule has 0 fully saturated rings. The van der Waals surface area contributed by atoms with Crippen LogP contribution in [0.25, 0.3) is 0 Å². The second-order valence-electron chi connectivity index (χ2n) is 4.34. The molecule has 0 radical (unpaired) electrons. The molecule has 20 heavy (non-hydrogen) atoms. The van der Waals surface area contributed by atoms with Crippen LogP contribution in [0, 0.1) is 12.7 Å². The maximum absolute atomic E-state index is 14.1. The fraction of sp³-hybridized carbons (Fsp3) is 0.133. The second kappa shape index (κ2) is 6.20. The summed E-state index contributed by atoms with van der Waals surface area (Å²) in [7, 11) is 0. The van der Waals surface area contributed by atoms with Gasteiger partial charge < -0.3 is 10.5 Å². The van der Waals surface area contributed by atoms with E-state index in [-0.39, 0.29) is 17.2 Å². The molecule has 2 N–H and O–H groups in total. The van der Waals surface area contributed by atoms with Crippen molar-refractivity contribution in [2.24, 2.45) is 5.73 Å². The van der Waals surface area contributed by atoms with E-state index in [1.54, 1.807) is 36.4 Å². The number of thiocarbonyl (C=S) groups is 1. The zero-order valence-electron chi connectivity index (χ0n) is 10.8. The van der Waals surface area contributed by atoms with Gasteiger partial charge in [0.05, 0.1) is 0 Å². The Labute approximate surface area is 127 Å². The summed E-state index contributed by atoms with van der Waals surface area (Å²) in [4.78, 5) is 0.0343. The van der Waals surface area contributed by atoms with Gasteiger partial charge in [0, 0.05) is 16.1 Å². The number of benzene rings is 2. The highest BCUT2D eigenvalue weighted by Gasteiger charge is 2.11. The van der Waals surface area contributed by atoms with Gasteiger partial charge in [0.15, 0.2) is 0 Å². The van der Waals surface area contributed by atoms with Crippen molar-refractivity contribution < 1.29 is 9.13 Å². The third-order valence-electron chi connectivity index (χ3n) is 2.86. The molecule has 5 heteroatoms. The van der Waals surface area contributed by atoms with Gasteiger partial charge in [-0.2, -0.15) is 0 Å². The molecule has 2 aromatic rings. The fourth-order valence-corrected chi connectivity index (χ4v) is 2.20. The zero-order chi connectivity index (χ0) is 14.7. The van der Waals surface area contributed by atoms with E-state index < -0.39 is 5.82 Å². The van der Waals surface area contributed by atoms with Crippen LogP contribution in [0.15, 0.2) is 36.4 Å². The Kier molecular flexibility index (Phi) is 4.57. The molecule has 0 saturated heterocycles. The summed E-state index contributed by atoms with van der Waals surface area (Å²) in [5.41, 5.74) is 7.00. The number of nitrogens with two attached hydrogens (primary N) is 1. The molecule has 0 heterocycles. The Hall–Kier alpha value is -1.65. The molecule has 2 aromatic carbocycles. The van der Waals surface area contributed by atoms with Crippen LogP contribution in [0.3, 0.4) is 0 Å². The molecule has 2 nitrogen and oxygen atoms in total. The van der Waals surface area contributed by atoms with Gasteiger partial charge in [0.2, 0.25) is 0 Å². The zero-order valence-corrected chi connectivity index (χ0v) is 12.4. The van der Waals surface area contributed by atoms with Gasteiger partial charge in [-0.1, -0.05) is 36.0 Å². The van der Waals surface area contributed by atoms with Crippen LogP contribution in [0.4, 0.5) is 4.39 Å². The van der Waals surface area contributed by atoms with E-state index in [0.717, 1.165) is 5.56 Å². The predicted octanol–water partition coefficient (Wildman–Crippen LogP) is 4.00. The predicted molar refractivity (Wildman–Crippen MR) is 82.8 cm³/mol. The van der Waals surface area contributed by atoms with Crippen LogP contribution < -0.4 is 10.5 Å². The quantitative estimate of drug-likeness (QED) is 0.867. The fourth-order valence-electron chi connectivity index (χ4n) is 1.81.